The summed E-state index contributed by atoms with van der Waals surface area (Å²) < 4.78 is 1.06. The van der Waals surface area contributed by atoms with Crippen LogP contribution in [0.25, 0.3) is 0 Å². The third-order valence-corrected chi connectivity index (χ3v) is 4.00. The first-order chi connectivity index (χ1) is 7.59. The van der Waals surface area contributed by atoms with Crippen LogP contribution in [0.2, 0.25) is 0 Å². The summed E-state index contributed by atoms with van der Waals surface area (Å²) in [6.07, 6.45) is 2.29. The Morgan fingerprint density at radius 1 is 1.38 bits per heavy atom. The van der Waals surface area contributed by atoms with Gasteiger partial charge >= 0.3 is 0 Å². The summed E-state index contributed by atoms with van der Waals surface area (Å²) in [5.41, 5.74) is 1.21. The lowest BCUT2D eigenvalue weighted by atomic mass is 9.90. The van der Waals surface area contributed by atoms with Crippen molar-refractivity contribution in [3.05, 3.63) is 22.3 Å². The summed E-state index contributed by atoms with van der Waals surface area (Å²) in [6.45, 7) is 6.45. The van der Waals surface area contributed by atoms with Gasteiger partial charge in [0.05, 0.1) is 5.69 Å². The van der Waals surface area contributed by atoms with E-state index >= 15 is 0 Å². The zero-order valence-electron chi connectivity index (χ0n) is 9.81. The minimum atomic E-state index is 0.179. The Balaban J connectivity index is 2.10. The highest BCUT2D eigenvalue weighted by atomic mass is 79.9. The number of anilines is 1. The highest BCUT2D eigenvalue weighted by molar-refractivity contribution is 9.10. The van der Waals surface area contributed by atoms with Crippen LogP contribution in [0.4, 0.5) is 5.82 Å². The molecule has 0 aliphatic carbocycles. The summed E-state index contributed by atoms with van der Waals surface area (Å²) >= 11 is 3.47. The molecule has 88 valence electrons. The maximum Gasteiger partial charge on any atom is 0.126 e. The van der Waals surface area contributed by atoms with E-state index in [-0.39, 0.29) is 5.54 Å². The van der Waals surface area contributed by atoms with Crippen molar-refractivity contribution in [2.45, 2.75) is 32.2 Å². The molecule has 16 heavy (non-hydrogen) atoms. The fraction of sp³-hybridized carbons (Fsp3) is 0.583. The third-order valence-electron chi connectivity index (χ3n) is 3.16. The van der Waals surface area contributed by atoms with Crippen LogP contribution in [0.3, 0.4) is 0 Å². The summed E-state index contributed by atoms with van der Waals surface area (Å²) in [5.74, 6) is 0.977. The number of rotatable bonds is 2. The molecule has 4 heteroatoms. The van der Waals surface area contributed by atoms with Gasteiger partial charge in [-0.1, -0.05) is 0 Å². The van der Waals surface area contributed by atoms with Crippen LogP contribution in [-0.4, -0.2) is 23.6 Å². The number of hydrogen-bond donors (Lipinski definition) is 2. The van der Waals surface area contributed by atoms with Crippen molar-refractivity contribution in [1.29, 1.82) is 0 Å². The molecule has 1 aliphatic rings. The molecular weight excluding hydrogens is 266 g/mol. The summed E-state index contributed by atoms with van der Waals surface area (Å²) in [5, 5.41) is 6.93. The minimum absolute atomic E-state index is 0.179. The Labute approximate surface area is 105 Å². The Bertz CT molecular complexity index is 373. The van der Waals surface area contributed by atoms with E-state index < -0.39 is 0 Å². The number of nitrogens with one attached hydrogen (secondary N) is 2. The average molecular weight is 284 g/mol. The molecule has 0 bridgehead atoms. The molecule has 1 aromatic rings. The van der Waals surface area contributed by atoms with Gasteiger partial charge in [-0.3, -0.25) is 0 Å². The van der Waals surface area contributed by atoms with Gasteiger partial charge in [-0.2, -0.15) is 0 Å². The van der Waals surface area contributed by atoms with Gasteiger partial charge in [0.1, 0.15) is 5.82 Å². The molecule has 2 N–H and O–H groups in total. The highest BCUT2D eigenvalue weighted by Gasteiger charge is 2.26. The highest BCUT2D eigenvalue weighted by Crippen LogP contribution is 2.24. The molecule has 0 aromatic carbocycles. The fourth-order valence-corrected chi connectivity index (χ4v) is 2.25. The van der Waals surface area contributed by atoms with Gasteiger partial charge in [0.25, 0.3) is 0 Å². The SMILES string of the molecule is Cc1nc(NC2(C)CCNCC2)ccc1Br. The monoisotopic (exact) mass is 283 g/mol. The number of hydrogen-bond acceptors (Lipinski definition) is 3. The van der Waals surface area contributed by atoms with Crippen LogP contribution in [-0.2, 0) is 0 Å². The van der Waals surface area contributed by atoms with Gasteiger partial charge in [-0.25, -0.2) is 4.98 Å². The maximum absolute atomic E-state index is 4.53. The predicted octanol–water partition coefficient (Wildman–Crippen LogP) is 2.71. The van der Waals surface area contributed by atoms with Crippen LogP contribution in [0, 0.1) is 6.92 Å². The Morgan fingerprint density at radius 2 is 2.06 bits per heavy atom. The lowest BCUT2D eigenvalue weighted by Crippen LogP contribution is -2.45. The Morgan fingerprint density at radius 3 is 2.69 bits per heavy atom. The van der Waals surface area contributed by atoms with Crippen molar-refractivity contribution in [2.75, 3.05) is 18.4 Å². The molecule has 0 radical (unpaired) electrons. The molecular formula is C12H18BrN3. The van der Waals surface area contributed by atoms with Gasteiger partial charge in [-0.15, -0.1) is 0 Å². The van der Waals surface area contributed by atoms with Crippen molar-refractivity contribution < 1.29 is 0 Å². The zero-order chi connectivity index (χ0) is 11.6. The molecule has 1 saturated heterocycles. The normalized spacial score (nSPS) is 19.4. The molecule has 0 unspecified atom stereocenters. The maximum atomic E-state index is 4.53. The van der Waals surface area contributed by atoms with E-state index in [0.717, 1.165) is 41.9 Å². The number of nitrogens with zero attached hydrogens (tertiary/aromatic N) is 1. The summed E-state index contributed by atoms with van der Waals surface area (Å²) in [4.78, 5) is 4.53. The van der Waals surface area contributed by atoms with E-state index in [0.29, 0.717) is 0 Å². The number of aryl methyl sites for hydroxylation is 1. The van der Waals surface area contributed by atoms with E-state index in [1.54, 1.807) is 0 Å². The van der Waals surface area contributed by atoms with Crippen LogP contribution in [0.15, 0.2) is 16.6 Å². The molecule has 1 fully saturated rings. The summed E-state index contributed by atoms with van der Waals surface area (Å²) in [7, 11) is 0. The number of aromatic nitrogens is 1. The van der Waals surface area contributed by atoms with Gasteiger partial charge < -0.3 is 10.6 Å². The Hall–Kier alpha value is -0.610. The number of pyridine rings is 1. The third kappa shape index (κ3) is 2.74. The topological polar surface area (TPSA) is 37.0 Å². The van der Waals surface area contributed by atoms with E-state index in [1.807, 2.05) is 13.0 Å². The van der Waals surface area contributed by atoms with E-state index in [4.69, 9.17) is 0 Å². The van der Waals surface area contributed by atoms with Crippen LogP contribution >= 0.6 is 15.9 Å². The van der Waals surface area contributed by atoms with Gasteiger partial charge in [0.2, 0.25) is 0 Å². The second-order valence-corrected chi connectivity index (χ2v) is 5.55. The molecule has 2 heterocycles. The first kappa shape index (κ1) is 11.9. The van der Waals surface area contributed by atoms with Gasteiger partial charge in [0, 0.05) is 10.0 Å². The second-order valence-electron chi connectivity index (χ2n) is 4.70. The smallest absolute Gasteiger partial charge is 0.126 e. The largest absolute Gasteiger partial charge is 0.365 e. The van der Waals surface area contributed by atoms with Crippen LogP contribution in [0.5, 0.6) is 0 Å². The van der Waals surface area contributed by atoms with E-state index in [2.05, 4.69) is 44.5 Å². The minimum Gasteiger partial charge on any atom is -0.365 e. The first-order valence-electron chi connectivity index (χ1n) is 5.71. The number of piperidine rings is 1. The van der Waals surface area contributed by atoms with Crippen LogP contribution < -0.4 is 10.6 Å². The van der Waals surface area contributed by atoms with Crippen molar-refractivity contribution in [3.63, 3.8) is 0 Å². The average Bonchev–Trinajstić information content (AvgIpc) is 2.24. The lowest BCUT2D eigenvalue weighted by molar-refractivity contribution is 0.364. The molecule has 1 aliphatic heterocycles. The molecule has 0 spiro atoms. The first-order valence-corrected chi connectivity index (χ1v) is 6.50. The Kier molecular flexibility index (Phi) is 3.50. The van der Waals surface area contributed by atoms with Crippen LogP contribution in [0.1, 0.15) is 25.5 Å². The van der Waals surface area contributed by atoms with Crippen molar-refractivity contribution in [1.82, 2.24) is 10.3 Å². The fourth-order valence-electron chi connectivity index (χ4n) is 2.03. The van der Waals surface area contributed by atoms with Gasteiger partial charge in [0.15, 0.2) is 0 Å². The summed E-state index contributed by atoms with van der Waals surface area (Å²) in [6, 6.07) is 4.08. The van der Waals surface area contributed by atoms with Gasteiger partial charge in [-0.05, 0) is 67.8 Å². The molecule has 0 saturated carbocycles. The lowest BCUT2D eigenvalue weighted by Gasteiger charge is -2.35. The quantitative estimate of drug-likeness (QED) is 0.876. The molecule has 0 amide bonds. The standard InChI is InChI=1S/C12H18BrN3/c1-9-10(13)3-4-11(15-9)16-12(2)5-7-14-8-6-12/h3-4,14H,5-8H2,1-2H3,(H,15,16). The van der Waals surface area contributed by atoms with Crippen molar-refractivity contribution in [2.24, 2.45) is 0 Å². The number of halogens is 1. The zero-order valence-corrected chi connectivity index (χ0v) is 11.4. The second kappa shape index (κ2) is 4.72. The van der Waals surface area contributed by atoms with Crippen molar-refractivity contribution in [3.8, 4) is 0 Å². The molecule has 0 atom stereocenters. The molecule has 1 aromatic heterocycles. The predicted molar refractivity (Wildman–Crippen MR) is 70.8 cm³/mol. The van der Waals surface area contributed by atoms with E-state index in [1.165, 1.54) is 0 Å². The van der Waals surface area contributed by atoms with E-state index in [9.17, 15) is 0 Å². The molecule has 3 nitrogen and oxygen atoms in total. The van der Waals surface area contributed by atoms with Crippen molar-refractivity contribution >= 4 is 21.7 Å². The molecule has 2 rings (SSSR count).